The van der Waals surface area contributed by atoms with Gasteiger partial charge in [-0.25, -0.2) is 4.98 Å². The van der Waals surface area contributed by atoms with E-state index in [9.17, 15) is 9.59 Å². The summed E-state index contributed by atoms with van der Waals surface area (Å²) >= 11 is 1.30. The van der Waals surface area contributed by atoms with Crippen molar-refractivity contribution < 1.29 is 13.9 Å². The topological polar surface area (TPSA) is 77.6 Å². The minimum absolute atomic E-state index is 0.0280. The average molecular weight is 399 g/mol. The zero-order valence-corrected chi connectivity index (χ0v) is 16.4. The van der Waals surface area contributed by atoms with Crippen LogP contribution in [0.2, 0.25) is 0 Å². The lowest BCUT2D eigenvalue weighted by molar-refractivity contribution is -0.134. The number of carbonyl (C=O) groups is 1. The van der Waals surface area contributed by atoms with Gasteiger partial charge < -0.3 is 14.1 Å². The summed E-state index contributed by atoms with van der Waals surface area (Å²) in [4.78, 5) is 32.4. The third-order valence-electron chi connectivity index (χ3n) is 4.67. The van der Waals surface area contributed by atoms with E-state index in [0.29, 0.717) is 48.1 Å². The van der Waals surface area contributed by atoms with Gasteiger partial charge in [-0.3, -0.25) is 14.2 Å². The Kier molecular flexibility index (Phi) is 5.50. The predicted octanol–water partition coefficient (Wildman–Crippen LogP) is 2.38. The van der Waals surface area contributed by atoms with Crippen LogP contribution in [0.5, 0.6) is 0 Å². The molecule has 1 unspecified atom stereocenters. The molecule has 0 bridgehead atoms. The second-order valence-electron chi connectivity index (χ2n) is 6.58. The van der Waals surface area contributed by atoms with E-state index in [-0.39, 0.29) is 23.3 Å². The summed E-state index contributed by atoms with van der Waals surface area (Å²) in [5.74, 6) is 0.688. The van der Waals surface area contributed by atoms with E-state index >= 15 is 0 Å². The first-order valence-electron chi connectivity index (χ1n) is 9.18. The number of thioether (sulfide) groups is 1. The van der Waals surface area contributed by atoms with E-state index in [1.807, 2.05) is 31.2 Å². The third kappa shape index (κ3) is 3.83. The second-order valence-corrected chi connectivity index (χ2v) is 7.89. The molecule has 0 N–H and O–H groups in total. The quantitative estimate of drug-likeness (QED) is 0.484. The van der Waals surface area contributed by atoms with E-state index in [1.54, 1.807) is 27.9 Å². The van der Waals surface area contributed by atoms with Gasteiger partial charge in [-0.05, 0) is 31.2 Å². The number of hydrogen-bond donors (Lipinski definition) is 0. The Balaban J connectivity index is 1.68. The number of fused-ring (bicyclic) bond motifs is 1. The first kappa shape index (κ1) is 18.8. The van der Waals surface area contributed by atoms with Crippen molar-refractivity contribution in [1.82, 2.24) is 14.5 Å². The standard InChI is InChI=1S/C20H21N3O4S/c1-14(18(24)22-8-11-26-12-9-22)28-20-21-17-7-3-2-6-16(17)19(25)23(20)13-15-5-4-10-27-15/h2-7,10,14H,8-9,11-13H2,1H3. The van der Waals surface area contributed by atoms with Crippen LogP contribution in [0.1, 0.15) is 12.7 Å². The van der Waals surface area contributed by atoms with Crippen LogP contribution in [0, 0.1) is 0 Å². The number of nitrogens with zero attached hydrogens (tertiary/aromatic N) is 3. The minimum atomic E-state index is -0.367. The Hall–Kier alpha value is -2.58. The van der Waals surface area contributed by atoms with E-state index in [2.05, 4.69) is 4.98 Å². The molecule has 1 atom stereocenters. The van der Waals surface area contributed by atoms with Gasteiger partial charge in [0.2, 0.25) is 5.91 Å². The molecule has 0 spiro atoms. The smallest absolute Gasteiger partial charge is 0.262 e. The highest BCUT2D eigenvalue weighted by Gasteiger charge is 2.25. The molecule has 28 heavy (non-hydrogen) atoms. The van der Waals surface area contributed by atoms with Crippen molar-refractivity contribution in [3.05, 3.63) is 58.8 Å². The van der Waals surface area contributed by atoms with Gasteiger partial charge in [0.25, 0.3) is 5.56 Å². The molecule has 1 aliphatic heterocycles. The Labute approximate surface area is 166 Å². The molecule has 8 heteroatoms. The van der Waals surface area contributed by atoms with Crippen molar-refractivity contribution in [2.75, 3.05) is 26.3 Å². The lowest BCUT2D eigenvalue weighted by Gasteiger charge is -2.29. The van der Waals surface area contributed by atoms with Crippen LogP contribution in [0.3, 0.4) is 0 Å². The number of para-hydroxylation sites is 1. The van der Waals surface area contributed by atoms with Gasteiger partial charge >= 0.3 is 0 Å². The first-order valence-corrected chi connectivity index (χ1v) is 10.1. The predicted molar refractivity (Wildman–Crippen MR) is 107 cm³/mol. The Morgan fingerprint density at radius 2 is 2.00 bits per heavy atom. The maximum absolute atomic E-state index is 13.1. The molecule has 1 amide bonds. The fourth-order valence-electron chi connectivity index (χ4n) is 3.18. The van der Waals surface area contributed by atoms with Crippen molar-refractivity contribution in [3.8, 4) is 0 Å². The summed E-state index contributed by atoms with van der Waals surface area (Å²) in [6.07, 6.45) is 1.58. The summed E-state index contributed by atoms with van der Waals surface area (Å²) in [7, 11) is 0. The Bertz CT molecular complexity index is 1030. The average Bonchev–Trinajstić information content (AvgIpc) is 3.24. The van der Waals surface area contributed by atoms with Crippen LogP contribution < -0.4 is 5.56 Å². The molecule has 3 heterocycles. The van der Waals surface area contributed by atoms with E-state index in [0.717, 1.165) is 0 Å². The molecule has 1 aliphatic rings. The lowest BCUT2D eigenvalue weighted by Crippen LogP contribution is -2.44. The summed E-state index contributed by atoms with van der Waals surface area (Å²) in [5, 5.41) is 0.689. The minimum Gasteiger partial charge on any atom is -0.467 e. The molecule has 0 saturated carbocycles. The molecule has 3 aromatic rings. The summed E-state index contributed by atoms with van der Waals surface area (Å²) in [5.41, 5.74) is 0.479. The van der Waals surface area contributed by atoms with Gasteiger partial charge in [-0.15, -0.1) is 0 Å². The van der Waals surface area contributed by atoms with E-state index in [4.69, 9.17) is 9.15 Å². The summed E-state index contributed by atoms with van der Waals surface area (Å²) < 4.78 is 12.3. The summed E-state index contributed by atoms with van der Waals surface area (Å²) in [6, 6.07) is 10.8. The van der Waals surface area contributed by atoms with Crippen LogP contribution in [0.25, 0.3) is 10.9 Å². The molecule has 7 nitrogen and oxygen atoms in total. The maximum Gasteiger partial charge on any atom is 0.262 e. The van der Waals surface area contributed by atoms with Gasteiger partial charge in [0.05, 0.1) is 42.2 Å². The fourth-order valence-corrected chi connectivity index (χ4v) is 4.18. The number of furan rings is 1. The summed E-state index contributed by atoms with van der Waals surface area (Å²) in [6.45, 7) is 4.41. The van der Waals surface area contributed by atoms with Gasteiger partial charge in [-0.1, -0.05) is 23.9 Å². The van der Waals surface area contributed by atoms with Crippen LogP contribution in [0.4, 0.5) is 0 Å². The van der Waals surface area contributed by atoms with Crippen molar-refractivity contribution >= 4 is 28.6 Å². The number of aromatic nitrogens is 2. The number of hydrogen-bond acceptors (Lipinski definition) is 6. The number of carbonyl (C=O) groups excluding carboxylic acids is 1. The number of amides is 1. The monoisotopic (exact) mass is 399 g/mol. The van der Waals surface area contributed by atoms with Crippen LogP contribution in [0.15, 0.2) is 57.0 Å². The highest BCUT2D eigenvalue weighted by Crippen LogP contribution is 2.25. The van der Waals surface area contributed by atoms with Crippen LogP contribution in [-0.4, -0.2) is 51.9 Å². The lowest BCUT2D eigenvalue weighted by atomic mass is 10.2. The van der Waals surface area contributed by atoms with E-state index in [1.165, 1.54) is 11.8 Å². The fraction of sp³-hybridized carbons (Fsp3) is 0.350. The zero-order valence-electron chi connectivity index (χ0n) is 15.5. The highest BCUT2D eigenvalue weighted by atomic mass is 32.2. The van der Waals surface area contributed by atoms with Crippen LogP contribution in [-0.2, 0) is 16.1 Å². The molecule has 1 aromatic carbocycles. The SMILES string of the molecule is CC(Sc1nc2ccccc2c(=O)n1Cc1ccco1)C(=O)N1CCOCC1. The Morgan fingerprint density at radius 1 is 1.21 bits per heavy atom. The largest absolute Gasteiger partial charge is 0.467 e. The normalized spacial score (nSPS) is 15.7. The van der Waals surface area contributed by atoms with Crippen molar-refractivity contribution in [1.29, 1.82) is 0 Å². The molecule has 4 rings (SSSR count). The van der Waals surface area contributed by atoms with Crippen molar-refractivity contribution in [2.45, 2.75) is 23.9 Å². The number of rotatable bonds is 5. The third-order valence-corrected chi connectivity index (χ3v) is 5.75. The molecule has 146 valence electrons. The molecule has 1 saturated heterocycles. The number of ether oxygens (including phenoxy) is 1. The van der Waals surface area contributed by atoms with Crippen molar-refractivity contribution in [2.24, 2.45) is 0 Å². The molecule has 1 fully saturated rings. The van der Waals surface area contributed by atoms with Gasteiger partial charge in [0, 0.05) is 13.1 Å². The van der Waals surface area contributed by atoms with Crippen LogP contribution >= 0.6 is 11.8 Å². The molecule has 0 aliphatic carbocycles. The maximum atomic E-state index is 13.1. The molecular weight excluding hydrogens is 378 g/mol. The van der Waals surface area contributed by atoms with Crippen molar-refractivity contribution in [3.63, 3.8) is 0 Å². The molecule has 2 aromatic heterocycles. The zero-order chi connectivity index (χ0) is 19.5. The van der Waals surface area contributed by atoms with Gasteiger partial charge in [-0.2, -0.15) is 0 Å². The van der Waals surface area contributed by atoms with E-state index < -0.39 is 0 Å². The number of benzene rings is 1. The second kappa shape index (κ2) is 8.20. The van der Waals surface area contributed by atoms with Gasteiger partial charge in [0.1, 0.15) is 5.76 Å². The van der Waals surface area contributed by atoms with Gasteiger partial charge in [0.15, 0.2) is 5.16 Å². The Morgan fingerprint density at radius 3 is 2.75 bits per heavy atom. The number of morpholine rings is 1. The molecular formula is C20H21N3O4S. The first-order chi connectivity index (χ1) is 13.6. The molecule has 0 radical (unpaired) electrons. The highest BCUT2D eigenvalue weighted by molar-refractivity contribution is 8.00.